The van der Waals surface area contributed by atoms with Crippen LogP contribution >= 0.6 is 11.3 Å². The van der Waals surface area contributed by atoms with Gasteiger partial charge in [-0.2, -0.15) is 0 Å². The number of thiophene rings is 1. The van der Waals surface area contributed by atoms with Crippen molar-refractivity contribution in [1.82, 2.24) is 15.0 Å². The van der Waals surface area contributed by atoms with Gasteiger partial charge in [0.25, 0.3) is 0 Å². The number of para-hydroxylation sites is 1. The van der Waals surface area contributed by atoms with E-state index in [2.05, 4.69) is 10.3 Å². The largest absolute Gasteiger partial charge is 0.365 e. The molecule has 0 saturated carbocycles. The van der Waals surface area contributed by atoms with Crippen molar-refractivity contribution in [2.45, 2.75) is 6.23 Å². The first kappa shape index (κ1) is 11.1. The van der Waals surface area contributed by atoms with Gasteiger partial charge < -0.3 is 5.11 Å². The Balaban J connectivity index is 2.02. The number of fused-ring (bicyclic) bond motifs is 1. The number of hydrogen-bond donors (Lipinski definition) is 1. The predicted molar refractivity (Wildman–Crippen MR) is 67.4 cm³/mol. The number of Topliss-reactive ketones (excluding diaryl/α,β-unsaturated/α-hetero) is 1. The van der Waals surface area contributed by atoms with E-state index in [0.717, 1.165) is 0 Å². The van der Waals surface area contributed by atoms with Crippen molar-refractivity contribution in [3.63, 3.8) is 0 Å². The van der Waals surface area contributed by atoms with E-state index in [1.54, 1.807) is 29.6 Å². The van der Waals surface area contributed by atoms with Crippen LogP contribution in [0, 0.1) is 0 Å². The highest BCUT2D eigenvalue weighted by atomic mass is 32.1. The molecular formula is C12H9N3O2S. The lowest BCUT2D eigenvalue weighted by Crippen LogP contribution is -2.19. The van der Waals surface area contributed by atoms with Gasteiger partial charge in [-0.15, -0.1) is 16.4 Å². The van der Waals surface area contributed by atoms with Gasteiger partial charge in [-0.1, -0.05) is 23.4 Å². The zero-order chi connectivity index (χ0) is 12.5. The Morgan fingerprint density at radius 2 is 2.11 bits per heavy atom. The van der Waals surface area contributed by atoms with Crippen LogP contribution in [0.4, 0.5) is 0 Å². The molecule has 0 aliphatic carbocycles. The second kappa shape index (κ2) is 4.32. The van der Waals surface area contributed by atoms with E-state index >= 15 is 0 Å². The molecule has 90 valence electrons. The minimum Gasteiger partial charge on any atom is -0.365 e. The molecule has 0 bridgehead atoms. The van der Waals surface area contributed by atoms with Crippen molar-refractivity contribution in [1.29, 1.82) is 0 Å². The molecule has 6 heteroatoms. The summed E-state index contributed by atoms with van der Waals surface area (Å²) < 4.78 is 1.23. The highest BCUT2D eigenvalue weighted by Crippen LogP contribution is 2.19. The molecule has 18 heavy (non-hydrogen) atoms. The smallest absolute Gasteiger partial charge is 0.223 e. The second-order valence-electron chi connectivity index (χ2n) is 3.74. The third-order valence-electron chi connectivity index (χ3n) is 2.61. The summed E-state index contributed by atoms with van der Waals surface area (Å²) >= 11 is 1.29. The molecule has 0 aliphatic heterocycles. The maximum atomic E-state index is 12.0. The Morgan fingerprint density at radius 3 is 2.89 bits per heavy atom. The molecule has 3 aromatic rings. The molecule has 0 amide bonds. The number of aliphatic hydroxyl groups excluding tert-OH is 1. The zero-order valence-electron chi connectivity index (χ0n) is 9.22. The molecule has 0 radical (unpaired) electrons. The van der Waals surface area contributed by atoms with Gasteiger partial charge >= 0.3 is 0 Å². The van der Waals surface area contributed by atoms with Crippen LogP contribution in [0.2, 0.25) is 0 Å². The van der Waals surface area contributed by atoms with E-state index in [4.69, 9.17) is 0 Å². The lowest BCUT2D eigenvalue weighted by atomic mass is 10.2. The number of carbonyl (C=O) groups is 1. The van der Waals surface area contributed by atoms with E-state index in [9.17, 15) is 9.90 Å². The van der Waals surface area contributed by atoms with Crippen molar-refractivity contribution >= 4 is 28.2 Å². The molecule has 0 aliphatic rings. The fourth-order valence-corrected chi connectivity index (χ4v) is 2.41. The van der Waals surface area contributed by atoms with Crippen LogP contribution in [0.25, 0.3) is 11.0 Å². The van der Waals surface area contributed by atoms with Crippen molar-refractivity contribution < 1.29 is 9.90 Å². The maximum absolute atomic E-state index is 12.0. The summed E-state index contributed by atoms with van der Waals surface area (Å²) in [6, 6.07) is 10.6. The summed E-state index contributed by atoms with van der Waals surface area (Å²) in [6.07, 6.45) is -1.34. The number of ketones is 1. The fraction of sp³-hybridized carbons (Fsp3) is 0.0833. The van der Waals surface area contributed by atoms with Crippen LogP contribution in [0.3, 0.4) is 0 Å². The topological polar surface area (TPSA) is 68.0 Å². The number of hydrogen-bond acceptors (Lipinski definition) is 5. The van der Waals surface area contributed by atoms with Gasteiger partial charge in [0.15, 0.2) is 0 Å². The van der Waals surface area contributed by atoms with Crippen LogP contribution in [0.5, 0.6) is 0 Å². The molecule has 0 fully saturated rings. The Labute approximate surface area is 106 Å². The molecule has 2 aromatic heterocycles. The number of rotatable bonds is 3. The summed E-state index contributed by atoms with van der Waals surface area (Å²) in [5, 5.41) is 19.6. The molecule has 1 N–H and O–H groups in total. The molecule has 0 spiro atoms. The number of aliphatic hydroxyl groups is 1. The Kier molecular flexibility index (Phi) is 2.66. The van der Waals surface area contributed by atoms with Gasteiger partial charge in [0.1, 0.15) is 5.52 Å². The number of benzene rings is 1. The van der Waals surface area contributed by atoms with Gasteiger partial charge in [-0.05, 0) is 23.6 Å². The molecule has 0 unspecified atom stereocenters. The molecule has 3 rings (SSSR count). The summed E-state index contributed by atoms with van der Waals surface area (Å²) in [7, 11) is 0. The first-order chi connectivity index (χ1) is 8.77. The van der Waals surface area contributed by atoms with Crippen LogP contribution in [-0.4, -0.2) is 25.9 Å². The van der Waals surface area contributed by atoms with Gasteiger partial charge in [0, 0.05) is 0 Å². The first-order valence-corrected chi connectivity index (χ1v) is 6.21. The van der Waals surface area contributed by atoms with Crippen LogP contribution < -0.4 is 0 Å². The van der Waals surface area contributed by atoms with E-state index in [1.807, 2.05) is 12.1 Å². The summed E-state index contributed by atoms with van der Waals surface area (Å²) in [4.78, 5) is 12.5. The Bertz CT molecular complexity index is 690. The summed E-state index contributed by atoms with van der Waals surface area (Å²) in [5.41, 5.74) is 1.28. The SMILES string of the molecule is O=C(c1cccs1)[C@@H](O)n1nnc2ccccc21. The normalized spacial score (nSPS) is 12.7. The number of carbonyl (C=O) groups excluding carboxylic acids is 1. The lowest BCUT2D eigenvalue weighted by molar-refractivity contribution is 0.0547. The van der Waals surface area contributed by atoms with Gasteiger partial charge in [0.2, 0.25) is 12.0 Å². The number of aromatic nitrogens is 3. The average Bonchev–Trinajstić information content (AvgIpc) is 3.06. The highest BCUT2D eigenvalue weighted by Gasteiger charge is 2.22. The molecule has 1 aromatic carbocycles. The predicted octanol–water partition coefficient (Wildman–Crippen LogP) is 1.87. The second-order valence-corrected chi connectivity index (χ2v) is 4.69. The van der Waals surface area contributed by atoms with Gasteiger partial charge in [0.05, 0.1) is 10.4 Å². The van der Waals surface area contributed by atoms with E-state index in [1.165, 1.54) is 16.0 Å². The molecule has 0 saturated heterocycles. The van der Waals surface area contributed by atoms with Crippen molar-refractivity contribution in [3.05, 3.63) is 46.7 Å². The fourth-order valence-electron chi connectivity index (χ4n) is 1.72. The standard InChI is InChI=1S/C12H9N3O2S/c16-11(10-6-3-7-18-10)12(17)15-9-5-2-1-4-8(9)13-14-15/h1-7,12,17H/t12-/m1/s1. The highest BCUT2D eigenvalue weighted by molar-refractivity contribution is 7.12. The van der Waals surface area contributed by atoms with Gasteiger partial charge in [-0.25, -0.2) is 4.68 Å². The zero-order valence-corrected chi connectivity index (χ0v) is 10.0. The minimum absolute atomic E-state index is 0.374. The maximum Gasteiger partial charge on any atom is 0.223 e. The van der Waals surface area contributed by atoms with Gasteiger partial charge in [-0.3, -0.25) is 4.79 Å². The van der Waals surface area contributed by atoms with E-state index in [0.29, 0.717) is 15.9 Å². The number of nitrogens with zero attached hydrogens (tertiary/aromatic N) is 3. The Morgan fingerprint density at radius 1 is 1.28 bits per heavy atom. The van der Waals surface area contributed by atoms with E-state index in [-0.39, 0.29) is 5.78 Å². The monoisotopic (exact) mass is 259 g/mol. The minimum atomic E-state index is -1.34. The first-order valence-electron chi connectivity index (χ1n) is 5.33. The van der Waals surface area contributed by atoms with Crippen molar-refractivity contribution in [3.8, 4) is 0 Å². The van der Waals surface area contributed by atoms with Crippen LogP contribution in [-0.2, 0) is 0 Å². The Hall–Kier alpha value is -2.05. The summed E-state index contributed by atoms with van der Waals surface area (Å²) in [6.45, 7) is 0. The van der Waals surface area contributed by atoms with Crippen molar-refractivity contribution in [2.75, 3.05) is 0 Å². The average molecular weight is 259 g/mol. The molecule has 1 atom stereocenters. The molecule has 2 heterocycles. The quantitative estimate of drug-likeness (QED) is 0.729. The van der Waals surface area contributed by atoms with E-state index < -0.39 is 6.23 Å². The summed E-state index contributed by atoms with van der Waals surface area (Å²) in [5.74, 6) is -0.374. The molecular weight excluding hydrogens is 250 g/mol. The van der Waals surface area contributed by atoms with Crippen LogP contribution in [0.1, 0.15) is 15.9 Å². The lowest BCUT2D eigenvalue weighted by Gasteiger charge is -2.08. The third-order valence-corrected chi connectivity index (χ3v) is 3.49. The third kappa shape index (κ3) is 1.71. The molecule has 5 nitrogen and oxygen atoms in total. The van der Waals surface area contributed by atoms with Crippen molar-refractivity contribution in [2.24, 2.45) is 0 Å². The van der Waals surface area contributed by atoms with Crippen LogP contribution in [0.15, 0.2) is 41.8 Å².